The number of aromatic nitrogens is 1. The van der Waals surface area contributed by atoms with Gasteiger partial charge in [0, 0.05) is 6.42 Å². The summed E-state index contributed by atoms with van der Waals surface area (Å²) in [5.74, 6) is -1.04. The standard InChI is InChI=1S/C7H6F3NO2/c1-2-4(12)6-11-5(3-13-6)7(8,9)10/h3H,2H2,1H3. The fraction of sp³-hybridized carbons (Fsp3) is 0.429. The van der Waals surface area contributed by atoms with Crippen LogP contribution in [0, 0.1) is 0 Å². The van der Waals surface area contributed by atoms with Gasteiger partial charge in [-0.2, -0.15) is 13.2 Å². The summed E-state index contributed by atoms with van der Waals surface area (Å²) < 4.78 is 40.2. The van der Waals surface area contributed by atoms with Crippen molar-refractivity contribution in [1.29, 1.82) is 0 Å². The predicted molar refractivity (Wildman–Crippen MR) is 36.1 cm³/mol. The van der Waals surface area contributed by atoms with E-state index in [0.29, 0.717) is 6.26 Å². The normalized spacial score (nSPS) is 11.7. The lowest BCUT2D eigenvalue weighted by atomic mass is 10.3. The Labute approximate surface area is 71.6 Å². The molecule has 1 heterocycles. The van der Waals surface area contributed by atoms with Crippen molar-refractivity contribution < 1.29 is 22.4 Å². The van der Waals surface area contributed by atoms with E-state index in [-0.39, 0.29) is 6.42 Å². The third-order valence-corrected chi connectivity index (χ3v) is 1.35. The summed E-state index contributed by atoms with van der Waals surface area (Å²) in [6.07, 6.45) is -4.06. The zero-order valence-corrected chi connectivity index (χ0v) is 6.68. The second kappa shape index (κ2) is 3.20. The van der Waals surface area contributed by atoms with Crippen LogP contribution < -0.4 is 0 Å². The molecule has 3 nitrogen and oxygen atoms in total. The van der Waals surface area contributed by atoms with Crippen LogP contribution in [0.4, 0.5) is 13.2 Å². The maximum Gasteiger partial charge on any atom is 0.436 e. The molecule has 0 aliphatic heterocycles. The molecule has 0 radical (unpaired) electrons. The molecule has 0 unspecified atom stereocenters. The van der Waals surface area contributed by atoms with E-state index in [0.717, 1.165) is 0 Å². The van der Waals surface area contributed by atoms with Crippen molar-refractivity contribution in [3.05, 3.63) is 17.8 Å². The Morgan fingerprint density at radius 1 is 1.62 bits per heavy atom. The van der Waals surface area contributed by atoms with E-state index in [1.165, 1.54) is 6.92 Å². The largest absolute Gasteiger partial charge is 0.442 e. The summed E-state index contributed by atoms with van der Waals surface area (Å²) in [6, 6.07) is 0. The second-order valence-corrected chi connectivity index (χ2v) is 2.31. The highest BCUT2D eigenvalue weighted by Gasteiger charge is 2.35. The highest BCUT2D eigenvalue weighted by atomic mass is 19.4. The topological polar surface area (TPSA) is 43.1 Å². The summed E-state index contributed by atoms with van der Waals surface area (Å²) in [6.45, 7) is 1.51. The van der Waals surface area contributed by atoms with Crippen LogP contribution in [0.15, 0.2) is 10.7 Å². The first-order valence-corrected chi connectivity index (χ1v) is 3.51. The highest BCUT2D eigenvalue weighted by molar-refractivity contribution is 5.91. The third-order valence-electron chi connectivity index (χ3n) is 1.35. The van der Waals surface area contributed by atoms with Gasteiger partial charge >= 0.3 is 6.18 Å². The Morgan fingerprint density at radius 3 is 2.62 bits per heavy atom. The number of halogens is 3. The molecule has 0 spiro atoms. The molecule has 13 heavy (non-hydrogen) atoms. The fourth-order valence-corrected chi connectivity index (χ4v) is 0.683. The van der Waals surface area contributed by atoms with Gasteiger partial charge in [-0.25, -0.2) is 4.98 Å². The minimum absolute atomic E-state index is 0.0673. The van der Waals surface area contributed by atoms with Gasteiger partial charge < -0.3 is 4.42 Å². The number of carbonyl (C=O) groups excluding carboxylic acids is 1. The summed E-state index contributed by atoms with van der Waals surface area (Å²) in [4.78, 5) is 13.8. The van der Waals surface area contributed by atoms with E-state index in [2.05, 4.69) is 9.40 Å². The first-order chi connectivity index (χ1) is 5.95. The maximum atomic E-state index is 11.9. The fourth-order valence-electron chi connectivity index (χ4n) is 0.683. The highest BCUT2D eigenvalue weighted by Crippen LogP contribution is 2.28. The van der Waals surface area contributed by atoms with Crippen LogP contribution in [0.1, 0.15) is 29.7 Å². The molecule has 1 rings (SSSR count). The number of nitrogens with zero attached hydrogens (tertiary/aromatic N) is 1. The van der Waals surface area contributed by atoms with Crippen LogP contribution in [0.25, 0.3) is 0 Å². The quantitative estimate of drug-likeness (QED) is 0.676. The molecular weight excluding hydrogens is 187 g/mol. The number of hydrogen-bond acceptors (Lipinski definition) is 3. The van der Waals surface area contributed by atoms with E-state index in [1.54, 1.807) is 0 Å². The Bertz CT molecular complexity index is 316. The van der Waals surface area contributed by atoms with Crippen LogP contribution in [0.3, 0.4) is 0 Å². The van der Waals surface area contributed by atoms with Crippen molar-refractivity contribution >= 4 is 5.78 Å². The van der Waals surface area contributed by atoms with Crippen LogP contribution in [0.5, 0.6) is 0 Å². The molecule has 1 aromatic rings. The van der Waals surface area contributed by atoms with Gasteiger partial charge in [0.15, 0.2) is 5.69 Å². The number of Topliss-reactive ketones (excluding diaryl/α,β-unsaturated/α-hetero) is 1. The molecule has 0 aliphatic carbocycles. The molecule has 0 saturated carbocycles. The lowest BCUT2D eigenvalue weighted by Gasteiger charge is -1.97. The summed E-state index contributed by atoms with van der Waals surface area (Å²) in [7, 11) is 0. The molecule has 6 heteroatoms. The van der Waals surface area contributed by atoms with Gasteiger partial charge in [-0.1, -0.05) is 6.92 Å². The average molecular weight is 193 g/mol. The van der Waals surface area contributed by atoms with Gasteiger partial charge in [0.05, 0.1) is 0 Å². The van der Waals surface area contributed by atoms with E-state index in [9.17, 15) is 18.0 Å². The number of hydrogen-bond donors (Lipinski definition) is 0. The van der Waals surface area contributed by atoms with E-state index >= 15 is 0 Å². The lowest BCUT2D eigenvalue weighted by Crippen LogP contribution is -2.06. The Balaban J connectivity index is 2.93. The molecule has 0 aliphatic rings. The van der Waals surface area contributed by atoms with Crippen LogP contribution in [-0.2, 0) is 6.18 Å². The minimum atomic E-state index is -4.56. The molecule has 0 fully saturated rings. The number of carbonyl (C=O) groups is 1. The van der Waals surface area contributed by atoms with Crippen molar-refractivity contribution in [2.75, 3.05) is 0 Å². The van der Waals surface area contributed by atoms with Crippen molar-refractivity contribution in [3.8, 4) is 0 Å². The Kier molecular flexibility index (Phi) is 2.40. The molecule has 0 aromatic carbocycles. The summed E-state index contributed by atoms with van der Waals surface area (Å²) in [5, 5.41) is 0. The van der Waals surface area contributed by atoms with Gasteiger partial charge in [-0.15, -0.1) is 0 Å². The maximum absolute atomic E-state index is 11.9. The zero-order valence-electron chi connectivity index (χ0n) is 6.68. The van der Waals surface area contributed by atoms with E-state index < -0.39 is 23.5 Å². The van der Waals surface area contributed by atoms with Crippen molar-refractivity contribution in [2.45, 2.75) is 19.5 Å². The molecular formula is C7H6F3NO2. The molecule has 0 N–H and O–H groups in total. The van der Waals surface area contributed by atoms with Gasteiger partial charge in [0.25, 0.3) is 5.89 Å². The second-order valence-electron chi connectivity index (χ2n) is 2.31. The Hall–Kier alpha value is -1.33. The lowest BCUT2D eigenvalue weighted by molar-refractivity contribution is -0.141. The number of rotatable bonds is 2. The SMILES string of the molecule is CCC(=O)c1nc(C(F)(F)F)co1. The van der Waals surface area contributed by atoms with Crippen molar-refractivity contribution in [3.63, 3.8) is 0 Å². The first-order valence-electron chi connectivity index (χ1n) is 3.51. The minimum Gasteiger partial charge on any atom is -0.442 e. The number of ketones is 1. The zero-order chi connectivity index (χ0) is 10.1. The van der Waals surface area contributed by atoms with Gasteiger partial charge in [0.1, 0.15) is 6.26 Å². The summed E-state index contributed by atoms with van der Waals surface area (Å²) >= 11 is 0. The molecule has 0 atom stereocenters. The van der Waals surface area contributed by atoms with Gasteiger partial charge in [0.2, 0.25) is 5.78 Å². The number of alkyl halides is 3. The molecule has 72 valence electrons. The number of oxazole rings is 1. The summed E-state index contributed by atoms with van der Waals surface area (Å²) in [5.41, 5.74) is -1.18. The monoisotopic (exact) mass is 193 g/mol. The van der Waals surface area contributed by atoms with E-state index in [1.807, 2.05) is 0 Å². The first kappa shape index (κ1) is 9.76. The Morgan fingerprint density at radius 2 is 2.23 bits per heavy atom. The molecule has 0 amide bonds. The smallest absolute Gasteiger partial charge is 0.436 e. The van der Waals surface area contributed by atoms with Crippen LogP contribution in [0.2, 0.25) is 0 Å². The van der Waals surface area contributed by atoms with Gasteiger partial charge in [-0.3, -0.25) is 4.79 Å². The molecule has 0 saturated heterocycles. The van der Waals surface area contributed by atoms with Crippen LogP contribution in [-0.4, -0.2) is 10.8 Å². The third kappa shape index (κ3) is 2.07. The van der Waals surface area contributed by atoms with Crippen molar-refractivity contribution in [1.82, 2.24) is 4.98 Å². The van der Waals surface area contributed by atoms with E-state index in [4.69, 9.17) is 0 Å². The van der Waals surface area contributed by atoms with Gasteiger partial charge in [-0.05, 0) is 0 Å². The molecule has 0 bridgehead atoms. The molecule has 1 aromatic heterocycles. The van der Waals surface area contributed by atoms with Crippen molar-refractivity contribution in [2.24, 2.45) is 0 Å². The van der Waals surface area contributed by atoms with Crippen LogP contribution >= 0.6 is 0 Å². The predicted octanol–water partition coefficient (Wildman–Crippen LogP) is 2.29. The average Bonchev–Trinajstić information content (AvgIpc) is 2.50.